The first-order valence-electron chi connectivity index (χ1n) is 26.6. The molecule has 0 bridgehead atoms. The standard InChI is InChI=1S/C60H65ClFN9O8S/c1-7-50(74)69-23-25-70(26-24-69)56-46-33-47(61)51(45-32-42(72)31-40-11-8-9-12-44(40)45)52(62)53(46)67-59(68-56)65-41-18-20-43(21-19-41)79-30-29-77-27-28-78-34-49(73)66-55(60(4,5)6)58(76)71-22-10-13-48(71)57(75)64-36(2)38-14-16-39(17-15-38)54-37(3)63-35-80-54/h7-9,11-12,14-21,31-33,35-36,48,55,72H,1,10,13,22-30,34H2,2-6H3,(H,64,75)(H,66,73)(H,65,67,68)/t36-,48-,55+/m0/s1. The Balaban J connectivity index is 0.750. The molecule has 2 saturated heterocycles. The fourth-order valence-corrected chi connectivity index (χ4v) is 11.2. The summed E-state index contributed by atoms with van der Waals surface area (Å²) in [4.78, 5) is 73.6. The number of ether oxygens (including phenoxy) is 3. The lowest BCUT2D eigenvalue weighted by atomic mass is 9.85. The summed E-state index contributed by atoms with van der Waals surface area (Å²) in [5.41, 5.74) is 5.28. The first kappa shape index (κ1) is 57.0. The van der Waals surface area contributed by atoms with Crippen LogP contribution in [0.5, 0.6) is 11.5 Å². The highest BCUT2D eigenvalue weighted by molar-refractivity contribution is 7.13. The van der Waals surface area contributed by atoms with Gasteiger partial charge < -0.3 is 50.0 Å². The Hall–Kier alpha value is -7.71. The van der Waals surface area contributed by atoms with Gasteiger partial charge in [0.05, 0.1) is 47.0 Å². The number of likely N-dealkylation sites (tertiary alicyclic amines) is 1. The van der Waals surface area contributed by atoms with Crippen molar-refractivity contribution in [2.45, 2.75) is 65.6 Å². The van der Waals surface area contributed by atoms with Gasteiger partial charge in [-0.15, -0.1) is 11.3 Å². The minimum Gasteiger partial charge on any atom is -0.508 e. The van der Waals surface area contributed by atoms with E-state index in [1.165, 1.54) is 12.1 Å². The maximum atomic E-state index is 17.1. The molecule has 4 heterocycles. The van der Waals surface area contributed by atoms with Crippen molar-refractivity contribution in [1.82, 2.24) is 35.4 Å². The highest BCUT2D eigenvalue weighted by atomic mass is 35.5. The second kappa shape index (κ2) is 25.2. The van der Waals surface area contributed by atoms with Gasteiger partial charge in [-0.3, -0.25) is 19.2 Å². The van der Waals surface area contributed by atoms with Gasteiger partial charge in [-0.2, -0.15) is 4.98 Å². The van der Waals surface area contributed by atoms with Gasteiger partial charge in [0, 0.05) is 49.4 Å². The predicted molar refractivity (Wildman–Crippen MR) is 310 cm³/mol. The molecule has 0 radical (unpaired) electrons. The Bertz CT molecular complexity index is 3400. The highest BCUT2D eigenvalue weighted by Crippen LogP contribution is 2.43. The molecule has 20 heteroatoms. The van der Waals surface area contributed by atoms with Crippen LogP contribution in [0.15, 0.2) is 109 Å². The Morgan fingerprint density at radius 1 is 0.900 bits per heavy atom. The summed E-state index contributed by atoms with van der Waals surface area (Å²) in [5, 5.41) is 21.8. The number of carbonyl (C=O) groups is 4. The molecule has 4 N–H and O–H groups in total. The van der Waals surface area contributed by atoms with Crippen molar-refractivity contribution < 1.29 is 42.9 Å². The largest absolute Gasteiger partial charge is 0.508 e. The number of phenolic OH excluding ortho intramolecular Hbond substituents is 1. The number of aromatic hydroxyl groups is 1. The van der Waals surface area contributed by atoms with E-state index in [1.54, 1.807) is 57.5 Å². The second-order valence-corrected chi connectivity index (χ2v) is 22.1. The molecule has 80 heavy (non-hydrogen) atoms. The van der Waals surface area contributed by atoms with Gasteiger partial charge in [0.15, 0.2) is 5.82 Å². The van der Waals surface area contributed by atoms with Crippen LogP contribution in [0.2, 0.25) is 5.02 Å². The van der Waals surface area contributed by atoms with Crippen LogP contribution in [0, 0.1) is 18.2 Å². The Morgan fingerprint density at radius 3 is 2.34 bits per heavy atom. The molecule has 4 amide bonds. The quantitative estimate of drug-likeness (QED) is 0.0416. The van der Waals surface area contributed by atoms with Gasteiger partial charge in [-0.1, -0.05) is 87.5 Å². The molecule has 7 aromatic rings. The Labute approximate surface area is 473 Å². The van der Waals surface area contributed by atoms with Crippen molar-refractivity contribution in [3.63, 3.8) is 0 Å². The molecule has 5 aromatic carbocycles. The number of anilines is 3. The molecule has 9 rings (SSSR count). The highest BCUT2D eigenvalue weighted by Gasteiger charge is 2.42. The van der Waals surface area contributed by atoms with Gasteiger partial charge in [0.2, 0.25) is 29.6 Å². The third-order valence-electron chi connectivity index (χ3n) is 14.3. The number of halogens is 2. The van der Waals surface area contributed by atoms with Crippen LogP contribution in [0.3, 0.4) is 0 Å². The molecule has 2 aliphatic rings. The lowest BCUT2D eigenvalue weighted by Crippen LogP contribution is -2.58. The number of benzene rings is 5. The number of rotatable bonds is 20. The third-order valence-corrected chi connectivity index (χ3v) is 15.6. The van der Waals surface area contributed by atoms with E-state index >= 15 is 4.39 Å². The molecule has 418 valence electrons. The van der Waals surface area contributed by atoms with Crippen molar-refractivity contribution in [3.8, 4) is 33.1 Å². The SMILES string of the molecule is C=CC(=O)N1CCN(c2nc(Nc3ccc(OCCOCCOCC(=O)N[C@H](C(=O)N4CCC[C@H]4C(=O)N[C@@H](C)c4ccc(-c5scnc5C)cc4)C(C)(C)C)cc3)nc3c(F)c(-c4cc(O)cc5ccccc45)c(Cl)cc23)CC1. The summed E-state index contributed by atoms with van der Waals surface area (Å²) in [6.07, 6.45) is 2.48. The van der Waals surface area contributed by atoms with Gasteiger partial charge in [0.1, 0.15) is 48.1 Å². The van der Waals surface area contributed by atoms with Crippen molar-refractivity contribution in [2.24, 2.45) is 5.41 Å². The van der Waals surface area contributed by atoms with Gasteiger partial charge in [-0.05, 0) is 108 Å². The van der Waals surface area contributed by atoms with Gasteiger partial charge >= 0.3 is 0 Å². The average Bonchev–Trinajstić information content (AvgIpc) is 4.25. The lowest BCUT2D eigenvalue weighted by molar-refractivity contribution is -0.144. The molecule has 0 aliphatic carbocycles. The lowest BCUT2D eigenvalue weighted by Gasteiger charge is -2.35. The number of phenols is 1. The molecule has 2 fully saturated rings. The Kier molecular flexibility index (Phi) is 17.9. The van der Waals surface area contributed by atoms with E-state index in [-0.39, 0.29) is 84.6 Å². The van der Waals surface area contributed by atoms with Crippen LogP contribution in [0.25, 0.3) is 43.2 Å². The first-order chi connectivity index (χ1) is 38.5. The number of piperazine rings is 1. The van der Waals surface area contributed by atoms with Crippen LogP contribution in [0.4, 0.5) is 21.8 Å². The molecular formula is C60H65ClFN9O8S. The summed E-state index contributed by atoms with van der Waals surface area (Å²) in [7, 11) is 0. The number of amides is 4. The fourth-order valence-electron chi connectivity index (χ4n) is 10.1. The van der Waals surface area contributed by atoms with Crippen molar-refractivity contribution >= 4 is 85.7 Å². The van der Waals surface area contributed by atoms with E-state index in [9.17, 15) is 24.3 Å². The third kappa shape index (κ3) is 13.1. The maximum Gasteiger partial charge on any atom is 0.246 e. The van der Waals surface area contributed by atoms with Crippen molar-refractivity contribution in [1.29, 1.82) is 0 Å². The molecule has 2 aromatic heterocycles. The van der Waals surface area contributed by atoms with Crippen LogP contribution in [-0.4, -0.2) is 131 Å². The number of carbonyl (C=O) groups excluding carboxylic acids is 4. The zero-order valence-corrected chi connectivity index (χ0v) is 47.0. The molecule has 3 atom stereocenters. The Morgan fingerprint density at radius 2 is 1.62 bits per heavy atom. The number of nitrogens with one attached hydrogen (secondary N) is 3. The monoisotopic (exact) mass is 1130 g/mol. The number of nitrogens with zero attached hydrogens (tertiary/aromatic N) is 6. The second-order valence-electron chi connectivity index (χ2n) is 20.9. The molecule has 0 spiro atoms. The maximum absolute atomic E-state index is 17.1. The number of aromatic nitrogens is 3. The van der Waals surface area contributed by atoms with E-state index < -0.39 is 29.2 Å². The smallest absolute Gasteiger partial charge is 0.246 e. The zero-order chi connectivity index (χ0) is 56.7. The van der Waals surface area contributed by atoms with Crippen LogP contribution in [0.1, 0.15) is 57.8 Å². The van der Waals surface area contributed by atoms with E-state index in [0.29, 0.717) is 84.5 Å². The molecule has 2 aliphatic heterocycles. The summed E-state index contributed by atoms with van der Waals surface area (Å²) < 4.78 is 34.3. The summed E-state index contributed by atoms with van der Waals surface area (Å²) >= 11 is 8.50. The van der Waals surface area contributed by atoms with Crippen LogP contribution >= 0.6 is 22.9 Å². The van der Waals surface area contributed by atoms with Crippen LogP contribution < -0.4 is 25.6 Å². The van der Waals surface area contributed by atoms with Crippen molar-refractivity contribution in [2.75, 3.05) is 76.0 Å². The number of aryl methyl sites for hydroxylation is 1. The zero-order valence-electron chi connectivity index (χ0n) is 45.4. The minimum absolute atomic E-state index is 0.0192. The van der Waals surface area contributed by atoms with Crippen molar-refractivity contribution in [3.05, 3.63) is 131 Å². The van der Waals surface area contributed by atoms with E-state index in [1.807, 2.05) is 93.6 Å². The van der Waals surface area contributed by atoms with Gasteiger partial charge in [0.25, 0.3) is 0 Å². The molecule has 0 unspecified atom stereocenters. The topological polar surface area (TPSA) is 201 Å². The number of hydrogen-bond donors (Lipinski definition) is 4. The molecule has 0 saturated carbocycles. The summed E-state index contributed by atoms with van der Waals surface area (Å²) in [5.74, 6) is -0.778. The normalized spacial score (nSPS) is 15.4. The van der Waals surface area contributed by atoms with E-state index in [0.717, 1.165) is 21.7 Å². The molecular weight excluding hydrogens is 1060 g/mol. The van der Waals surface area contributed by atoms with Gasteiger partial charge in [-0.25, -0.2) is 14.4 Å². The predicted octanol–water partition coefficient (Wildman–Crippen LogP) is 9.77. The molecule has 17 nitrogen and oxygen atoms in total. The number of hydrogen-bond acceptors (Lipinski definition) is 14. The summed E-state index contributed by atoms with van der Waals surface area (Å²) in [6.45, 7) is 15.7. The van der Waals surface area contributed by atoms with Crippen LogP contribution in [-0.2, 0) is 28.7 Å². The van der Waals surface area contributed by atoms with E-state index in [4.69, 9.17) is 30.8 Å². The summed E-state index contributed by atoms with van der Waals surface area (Å²) in [6, 6.07) is 25.4. The fraction of sp³-hybridized carbons (Fsp3) is 0.350. The number of thiazole rings is 1. The number of fused-ring (bicyclic) bond motifs is 2. The minimum atomic E-state index is -0.892. The average molecular weight is 1130 g/mol. The van der Waals surface area contributed by atoms with E-state index in [2.05, 4.69) is 32.5 Å². The first-order valence-corrected chi connectivity index (χ1v) is 27.9.